The van der Waals surface area contributed by atoms with Crippen molar-refractivity contribution in [2.24, 2.45) is 5.10 Å². The summed E-state index contributed by atoms with van der Waals surface area (Å²) in [5, 5.41) is 4.72. The Morgan fingerprint density at radius 3 is 2.55 bits per heavy atom. The van der Waals surface area contributed by atoms with E-state index in [-0.39, 0.29) is 0 Å². The third kappa shape index (κ3) is 6.59. The van der Waals surface area contributed by atoms with Crippen molar-refractivity contribution in [1.82, 2.24) is 5.43 Å². The highest BCUT2D eigenvalue weighted by Gasteiger charge is 2.12. The number of carbonyl (C=O) groups is 1. The average Bonchev–Trinajstić information content (AvgIpc) is 2.76. The first-order valence-electron chi connectivity index (χ1n) is 9.39. The lowest BCUT2D eigenvalue weighted by molar-refractivity contribution is 0.0955. The molecule has 0 heterocycles. The van der Waals surface area contributed by atoms with Crippen LogP contribution in [-0.4, -0.2) is 18.7 Å². The van der Waals surface area contributed by atoms with Gasteiger partial charge in [0.2, 0.25) is 0 Å². The lowest BCUT2D eigenvalue weighted by atomic mass is 10.2. The van der Waals surface area contributed by atoms with Crippen molar-refractivity contribution in [3.8, 4) is 11.5 Å². The summed E-state index contributed by atoms with van der Waals surface area (Å²) in [4.78, 5) is 12.2. The highest BCUT2D eigenvalue weighted by molar-refractivity contribution is 14.1. The number of hydrogen-bond acceptors (Lipinski definition) is 4. The number of hydrazone groups is 1. The second-order valence-electron chi connectivity index (χ2n) is 6.37. The third-order valence-electron chi connectivity index (χ3n) is 4.12. The molecule has 0 aliphatic carbocycles. The molecule has 0 aromatic heterocycles. The van der Waals surface area contributed by atoms with Crippen molar-refractivity contribution < 1.29 is 14.3 Å². The Morgan fingerprint density at radius 1 is 1.06 bits per heavy atom. The van der Waals surface area contributed by atoms with Crippen LogP contribution in [0, 0.1) is 3.57 Å². The van der Waals surface area contributed by atoms with Crippen LogP contribution in [-0.2, 0) is 6.61 Å². The number of ether oxygens (including phenoxy) is 2. The van der Waals surface area contributed by atoms with Gasteiger partial charge in [-0.15, -0.1) is 0 Å². The topological polar surface area (TPSA) is 59.9 Å². The molecule has 0 aliphatic heterocycles. The molecule has 3 rings (SSSR count). The predicted octanol–water partition coefficient (Wildman–Crippen LogP) is 6.34. The van der Waals surface area contributed by atoms with Gasteiger partial charge in [0.05, 0.1) is 26.4 Å². The number of hydrogen-bond donors (Lipinski definition) is 1. The van der Waals surface area contributed by atoms with E-state index in [2.05, 4.69) is 33.1 Å². The van der Waals surface area contributed by atoms with Gasteiger partial charge in [0.1, 0.15) is 6.61 Å². The lowest BCUT2D eigenvalue weighted by Gasteiger charge is -2.14. The number of amides is 1. The molecule has 31 heavy (non-hydrogen) atoms. The molecule has 0 radical (unpaired) electrons. The van der Waals surface area contributed by atoms with Crippen LogP contribution in [0.2, 0.25) is 10.0 Å². The Morgan fingerprint density at radius 2 is 1.84 bits per heavy atom. The maximum absolute atomic E-state index is 12.2. The van der Waals surface area contributed by atoms with Gasteiger partial charge in [-0.05, 0) is 71.0 Å². The summed E-state index contributed by atoms with van der Waals surface area (Å²) in [6.45, 7) is 2.84. The molecule has 0 saturated heterocycles. The number of nitrogens with zero attached hydrogens (tertiary/aromatic N) is 1. The van der Waals surface area contributed by atoms with Crippen LogP contribution < -0.4 is 14.9 Å². The zero-order chi connectivity index (χ0) is 22.2. The van der Waals surface area contributed by atoms with Gasteiger partial charge >= 0.3 is 0 Å². The normalized spacial score (nSPS) is 10.8. The summed E-state index contributed by atoms with van der Waals surface area (Å²) in [5.74, 6) is 0.892. The number of rotatable bonds is 8. The van der Waals surface area contributed by atoms with Crippen molar-refractivity contribution in [3.63, 3.8) is 0 Å². The van der Waals surface area contributed by atoms with E-state index in [1.807, 2.05) is 49.4 Å². The Labute approximate surface area is 204 Å². The fourth-order valence-electron chi connectivity index (χ4n) is 2.66. The molecule has 0 atom stereocenters. The summed E-state index contributed by atoms with van der Waals surface area (Å²) < 4.78 is 12.6. The fourth-order valence-corrected chi connectivity index (χ4v) is 3.74. The van der Waals surface area contributed by atoms with Crippen LogP contribution >= 0.6 is 45.8 Å². The van der Waals surface area contributed by atoms with Gasteiger partial charge < -0.3 is 9.47 Å². The highest BCUT2D eigenvalue weighted by Crippen LogP contribution is 2.34. The molecule has 160 valence electrons. The van der Waals surface area contributed by atoms with Gasteiger partial charge in [-0.3, -0.25) is 4.79 Å². The Balaban J connectivity index is 1.72. The van der Waals surface area contributed by atoms with Crippen molar-refractivity contribution in [2.75, 3.05) is 6.61 Å². The molecule has 1 N–H and O–H groups in total. The molecule has 8 heteroatoms. The molecule has 0 spiro atoms. The first-order chi connectivity index (χ1) is 15.0. The molecule has 3 aromatic rings. The van der Waals surface area contributed by atoms with Crippen LogP contribution in [0.3, 0.4) is 0 Å². The zero-order valence-corrected chi connectivity index (χ0v) is 20.2. The van der Waals surface area contributed by atoms with Gasteiger partial charge in [0.25, 0.3) is 5.91 Å². The molecule has 5 nitrogen and oxygen atoms in total. The average molecular weight is 569 g/mol. The van der Waals surface area contributed by atoms with Crippen molar-refractivity contribution >= 4 is 57.9 Å². The third-order valence-corrected chi connectivity index (χ3v) is 5.66. The highest BCUT2D eigenvalue weighted by atomic mass is 127. The summed E-state index contributed by atoms with van der Waals surface area (Å²) in [7, 11) is 0. The smallest absolute Gasteiger partial charge is 0.271 e. The Bertz CT molecular complexity index is 1090. The van der Waals surface area contributed by atoms with Crippen LogP contribution in [0.25, 0.3) is 0 Å². The molecular formula is C23H19Cl2IN2O3. The van der Waals surface area contributed by atoms with E-state index in [1.54, 1.807) is 18.3 Å². The number of benzene rings is 3. The van der Waals surface area contributed by atoms with E-state index < -0.39 is 5.91 Å². The fraction of sp³-hybridized carbons (Fsp3) is 0.130. The summed E-state index contributed by atoms with van der Waals surface area (Å²) in [6, 6.07) is 18.3. The monoisotopic (exact) mass is 568 g/mol. The first-order valence-corrected chi connectivity index (χ1v) is 11.2. The van der Waals surface area contributed by atoms with E-state index in [9.17, 15) is 4.79 Å². The van der Waals surface area contributed by atoms with E-state index in [1.165, 1.54) is 6.07 Å². The van der Waals surface area contributed by atoms with E-state index in [4.69, 9.17) is 32.7 Å². The molecule has 0 aliphatic rings. The van der Waals surface area contributed by atoms with E-state index in [0.717, 1.165) is 14.7 Å². The molecule has 0 saturated carbocycles. The first kappa shape index (κ1) is 23.4. The lowest BCUT2D eigenvalue weighted by Crippen LogP contribution is -2.17. The molecule has 1 amide bonds. The summed E-state index contributed by atoms with van der Waals surface area (Å²) >= 11 is 14.0. The minimum absolute atomic E-state index is 0.306. The van der Waals surface area contributed by atoms with Gasteiger partial charge in [0, 0.05) is 5.56 Å². The van der Waals surface area contributed by atoms with Gasteiger partial charge in [-0.2, -0.15) is 5.10 Å². The summed E-state index contributed by atoms with van der Waals surface area (Å²) in [5.41, 5.74) is 4.67. The molecule has 3 aromatic carbocycles. The quantitative estimate of drug-likeness (QED) is 0.196. The van der Waals surface area contributed by atoms with Crippen LogP contribution in [0.4, 0.5) is 0 Å². The molecule has 0 unspecified atom stereocenters. The van der Waals surface area contributed by atoms with Gasteiger partial charge in [-0.1, -0.05) is 53.5 Å². The second-order valence-corrected chi connectivity index (χ2v) is 8.34. The summed E-state index contributed by atoms with van der Waals surface area (Å²) in [6.07, 6.45) is 1.54. The predicted molar refractivity (Wildman–Crippen MR) is 133 cm³/mol. The minimum atomic E-state index is -0.391. The van der Waals surface area contributed by atoms with Crippen LogP contribution in [0.1, 0.15) is 28.4 Å². The van der Waals surface area contributed by atoms with Crippen molar-refractivity contribution in [3.05, 3.63) is 91.0 Å². The number of nitrogens with one attached hydrogen (secondary N) is 1. The van der Waals surface area contributed by atoms with E-state index in [0.29, 0.717) is 40.3 Å². The SMILES string of the molecule is CCOc1cc(/C=N\NC(=O)c2ccc(Cl)c(Cl)c2)cc(I)c1OCc1ccccc1. The number of carbonyl (C=O) groups excluding carboxylic acids is 1. The van der Waals surface area contributed by atoms with Crippen molar-refractivity contribution in [1.29, 1.82) is 0 Å². The molecular weight excluding hydrogens is 550 g/mol. The maximum Gasteiger partial charge on any atom is 0.271 e. The Kier molecular flexibility index (Phi) is 8.57. The largest absolute Gasteiger partial charge is 0.490 e. The standard InChI is InChI=1S/C23H19Cl2IN2O3/c1-2-30-21-11-16(10-20(26)22(21)31-14-15-6-4-3-5-7-15)13-27-28-23(29)17-8-9-18(24)19(25)12-17/h3-13H,2,14H2,1H3,(H,28,29)/b27-13-. The van der Waals surface area contributed by atoms with Crippen LogP contribution in [0.15, 0.2) is 65.8 Å². The van der Waals surface area contributed by atoms with Crippen LogP contribution in [0.5, 0.6) is 11.5 Å². The molecule has 0 fully saturated rings. The van der Waals surface area contributed by atoms with Gasteiger partial charge in [-0.25, -0.2) is 5.43 Å². The second kappa shape index (κ2) is 11.4. The van der Waals surface area contributed by atoms with E-state index >= 15 is 0 Å². The minimum Gasteiger partial charge on any atom is -0.490 e. The Hall–Kier alpha value is -2.29. The molecule has 0 bridgehead atoms. The van der Waals surface area contributed by atoms with Crippen molar-refractivity contribution in [2.45, 2.75) is 13.5 Å². The number of halogens is 3. The maximum atomic E-state index is 12.2. The van der Waals surface area contributed by atoms with Gasteiger partial charge in [0.15, 0.2) is 11.5 Å². The zero-order valence-electron chi connectivity index (χ0n) is 16.6.